The molecule has 0 spiro atoms. The van der Waals surface area contributed by atoms with E-state index in [4.69, 9.17) is 11.6 Å². The highest BCUT2D eigenvalue weighted by molar-refractivity contribution is 6.29. The summed E-state index contributed by atoms with van der Waals surface area (Å²) in [7, 11) is 3.97. The lowest BCUT2D eigenvalue weighted by atomic mass is 10.2. The Morgan fingerprint density at radius 3 is 2.65 bits per heavy atom. The summed E-state index contributed by atoms with van der Waals surface area (Å²) in [4.78, 5) is 18.4. The standard InChI is InChI=1S/C16H16ClN5O/c1-21(2)12-5-3-11(4-6-12)9-18-16(23)13-10-22-15(19-13)8-7-14(17)20-22/h3-8,10H,9H2,1-2H3,(H,18,23). The van der Waals surface area contributed by atoms with Gasteiger partial charge in [0.15, 0.2) is 5.65 Å². The van der Waals surface area contributed by atoms with Gasteiger partial charge >= 0.3 is 0 Å². The SMILES string of the molecule is CN(C)c1ccc(CNC(=O)c2cn3nc(Cl)ccc3n2)cc1. The molecule has 0 saturated carbocycles. The molecule has 3 aromatic rings. The van der Waals surface area contributed by atoms with Crippen molar-refractivity contribution in [3.8, 4) is 0 Å². The van der Waals surface area contributed by atoms with Gasteiger partial charge in [-0.15, -0.1) is 0 Å². The van der Waals surface area contributed by atoms with E-state index in [2.05, 4.69) is 15.4 Å². The van der Waals surface area contributed by atoms with Gasteiger partial charge < -0.3 is 10.2 Å². The molecule has 1 N–H and O–H groups in total. The van der Waals surface area contributed by atoms with Crippen molar-refractivity contribution >= 4 is 28.8 Å². The van der Waals surface area contributed by atoms with Crippen molar-refractivity contribution in [2.75, 3.05) is 19.0 Å². The largest absolute Gasteiger partial charge is 0.378 e. The summed E-state index contributed by atoms with van der Waals surface area (Å²) in [5, 5.41) is 7.26. The average Bonchev–Trinajstić information content (AvgIpc) is 2.96. The fourth-order valence-corrected chi connectivity index (χ4v) is 2.30. The predicted molar refractivity (Wildman–Crippen MR) is 89.9 cm³/mol. The summed E-state index contributed by atoms with van der Waals surface area (Å²) in [5.74, 6) is -0.247. The lowest BCUT2D eigenvalue weighted by Gasteiger charge is -2.12. The number of aromatic nitrogens is 3. The third-order valence-electron chi connectivity index (χ3n) is 3.43. The van der Waals surface area contributed by atoms with Crippen molar-refractivity contribution in [2.45, 2.75) is 6.54 Å². The predicted octanol–water partition coefficient (Wildman–Crippen LogP) is 2.38. The summed E-state index contributed by atoms with van der Waals surface area (Å²) in [6.45, 7) is 0.439. The van der Waals surface area contributed by atoms with Crippen LogP contribution in [0.15, 0.2) is 42.6 Å². The molecule has 3 rings (SSSR count). The number of hydrogen-bond donors (Lipinski definition) is 1. The highest BCUT2D eigenvalue weighted by atomic mass is 35.5. The molecule has 1 aromatic carbocycles. The summed E-state index contributed by atoms with van der Waals surface area (Å²) >= 11 is 5.82. The zero-order chi connectivity index (χ0) is 16.4. The van der Waals surface area contributed by atoms with Crippen LogP contribution in [0.5, 0.6) is 0 Å². The van der Waals surface area contributed by atoms with Crippen LogP contribution in [0.2, 0.25) is 5.15 Å². The first-order chi connectivity index (χ1) is 11.0. The lowest BCUT2D eigenvalue weighted by molar-refractivity contribution is 0.0946. The van der Waals surface area contributed by atoms with E-state index in [1.54, 1.807) is 18.3 Å². The Kier molecular flexibility index (Phi) is 4.16. The molecule has 0 aliphatic heterocycles. The summed E-state index contributed by atoms with van der Waals surface area (Å²) in [6.07, 6.45) is 1.56. The van der Waals surface area contributed by atoms with Crippen LogP contribution < -0.4 is 10.2 Å². The van der Waals surface area contributed by atoms with Crippen LogP contribution in [-0.2, 0) is 6.54 Å². The molecule has 0 atom stereocenters. The first-order valence-corrected chi connectivity index (χ1v) is 7.47. The van der Waals surface area contributed by atoms with Crippen LogP contribution in [0.3, 0.4) is 0 Å². The number of nitrogens with one attached hydrogen (secondary N) is 1. The first kappa shape index (κ1) is 15.3. The number of amides is 1. The second-order valence-electron chi connectivity index (χ2n) is 5.33. The van der Waals surface area contributed by atoms with Crippen molar-refractivity contribution in [3.05, 3.63) is 59.0 Å². The van der Waals surface area contributed by atoms with E-state index in [0.717, 1.165) is 11.3 Å². The highest BCUT2D eigenvalue weighted by Gasteiger charge is 2.11. The normalized spacial score (nSPS) is 10.7. The number of benzene rings is 1. The Hall–Kier alpha value is -2.60. The van der Waals surface area contributed by atoms with E-state index in [0.29, 0.717) is 23.0 Å². The van der Waals surface area contributed by atoms with Crippen molar-refractivity contribution in [3.63, 3.8) is 0 Å². The van der Waals surface area contributed by atoms with E-state index in [1.165, 1.54) is 4.52 Å². The maximum atomic E-state index is 12.2. The molecule has 0 bridgehead atoms. The van der Waals surface area contributed by atoms with Gasteiger partial charge in [0.2, 0.25) is 0 Å². The third kappa shape index (κ3) is 3.43. The Labute approximate surface area is 138 Å². The topological polar surface area (TPSA) is 62.5 Å². The molecule has 6 nitrogen and oxygen atoms in total. The third-order valence-corrected chi connectivity index (χ3v) is 3.63. The molecule has 23 heavy (non-hydrogen) atoms. The van der Waals surface area contributed by atoms with Gasteiger partial charge in [-0.3, -0.25) is 4.79 Å². The molecule has 2 aromatic heterocycles. The zero-order valence-corrected chi connectivity index (χ0v) is 13.6. The number of carbonyl (C=O) groups excluding carboxylic acids is 1. The summed E-state index contributed by atoms with van der Waals surface area (Å²) in [6, 6.07) is 11.3. The smallest absolute Gasteiger partial charge is 0.271 e. The number of hydrogen-bond acceptors (Lipinski definition) is 4. The van der Waals surface area contributed by atoms with Crippen molar-refractivity contribution in [1.29, 1.82) is 0 Å². The molecule has 2 heterocycles. The van der Waals surface area contributed by atoms with E-state index in [9.17, 15) is 4.79 Å². The van der Waals surface area contributed by atoms with Gasteiger partial charge in [0.05, 0.1) is 6.20 Å². The van der Waals surface area contributed by atoms with Crippen molar-refractivity contribution < 1.29 is 4.79 Å². The van der Waals surface area contributed by atoms with Gasteiger partial charge in [0, 0.05) is 26.3 Å². The van der Waals surface area contributed by atoms with E-state index in [-0.39, 0.29) is 5.91 Å². The minimum absolute atomic E-state index is 0.247. The van der Waals surface area contributed by atoms with Crippen LogP contribution in [-0.4, -0.2) is 34.6 Å². The molecule has 0 saturated heterocycles. The second kappa shape index (κ2) is 6.26. The van der Waals surface area contributed by atoms with Gasteiger partial charge in [-0.25, -0.2) is 9.50 Å². The van der Waals surface area contributed by atoms with Crippen LogP contribution in [0.4, 0.5) is 5.69 Å². The zero-order valence-electron chi connectivity index (χ0n) is 12.8. The van der Waals surface area contributed by atoms with Crippen LogP contribution in [0.25, 0.3) is 5.65 Å². The molecule has 0 aliphatic carbocycles. The van der Waals surface area contributed by atoms with Crippen molar-refractivity contribution in [1.82, 2.24) is 19.9 Å². The molecule has 0 aliphatic rings. The lowest BCUT2D eigenvalue weighted by Crippen LogP contribution is -2.23. The van der Waals surface area contributed by atoms with Gasteiger partial charge in [0.25, 0.3) is 5.91 Å². The van der Waals surface area contributed by atoms with Gasteiger partial charge in [-0.05, 0) is 29.8 Å². The Morgan fingerprint density at radius 1 is 1.22 bits per heavy atom. The number of rotatable bonds is 4. The quantitative estimate of drug-likeness (QED) is 0.798. The fourth-order valence-electron chi connectivity index (χ4n) is 2.15. The Bertz CT molecular complexity index is 841. The highest BCUT2D eigenvalue weighted by Crippen LogP contribution is 2.12. The molecule has 118 valence electrons. The molecular formula is C16H16ClN5O. The number of fused-ring (bicyclic) bond motifs is 1. The number of imidazole rings is 1. The fraction of sp³-hybridized carbons (Fsp3) is 0.188. The monoisotopic (exact) mass is 329 g/mol. The van der Waals surface area contributed by atoms with Gasteiger partial charge in [-0.1, -0.05) is 23.7 Å². The van der Waals surface area contributed by atoms with Gasteiger partial charge in [0.1, 0.15) is 10.8 Å². The van der Waals surface area contributed by atoms with E-state index >= 15 is 0 Å². The molecule has 7 heteroatoms. The minimum Gasteiger partial charge on any atom is -0.378 e. The maximum absolute atomic E-state index is 12.2. The molecule has 1 amide bonds. The molecular weight excluding hydrogens is 314 g/mol. The average molecular weight is 330 g/mol. The van der Waals surface area contributed by atoms with E-state index in [1.807, 2.05) is 43.3 Å². The number of halogens is 1. The molecule has 0 unspecified atom stereocenters. The Balaban J connectivity index is 1.68. The second-order valence-corrected chi connectivity index (χ2v) is 5.72. The number of nitrogens with zero attached hydrogens (tertiary/aromatic N) is 4. The number of anilines is 1. The number of carbonyl (C=O) groups is 1. The van der Waals surface area contributed by atoms with Crippen LogP contribution in [0, 0.1) is 0 Å². The van der Waals surface area contributed by atoms with E-state index < -0.39 is 0 Å². The first-order valence-electron chi connectivity index (χ1n) is 7.09. The van der Waals surface area contributed by atoms with Crippen molar-refractivity contribution in [2.24, 2.45) is 0 Å². The summed E-state index contributed by atoms with van der Waals surface area (Å²) in [5.41, 5.74) is 3.02. The van der Waals surface area contributed by atoms with Gasteiger partial charge in [-0.2, -0.15) is 5.10 Å². The molecule has 0 radical (unpaired) electrons. The Morgan fingerprint density at radius 2 is 1.96 bits per heavy atom. The summed E-state index contributed by atoms with van der Waals surface area (Å²) < 4.78 is 1.49. The van der Waals surface area contributed by atoms with Crippen LogP contribution in [0.1, 0.15) is 16.1 Å². The maximum Gasteiger partial charge on any atom is 0.271 e. The molecule has 0 fully saturated rings. The minimum atomic E-state index is -0.247. The van der Waals surface area contributed by atoms with Crippen LogP contribution >= 0.6 is 11.6 Å².